The lowest BCUT2D eigenvalue weighted by molar-refractivity contribution is -0.231. The largest absolute Gasteiger partial charge is 0.394 e. The molecule has 2 fully saturated rings. The predicted octanol–water partition coefficient (Wildman–Crippen LogP) is 4.33. The van der Waals surface area contributed by atoms with Gasteiger partial charge in [0.1, 0.15) is 36.3 Å². The number of benzene rings is 2. The van der Waals surface area contributed by atoms with Crippen molar-refractivity contribution >= 4 is 17.8 Å². The number of amides is 1. The Bertz CT molecular complexity index is 1520. The van der Waals surface area contributed by atoms with E-state index < -0.39 is 48.0 Å². The van der Waals surface area contributed by atoms with Crippen molar-refractivity contribution in [1.82, 2.24) is 9.80 Å². The van der Waals surface area contributed by atoms with Crippen molar-refractivity contribution in [1.29, 1.82) is 0 Å². The molecule has 270 valence electrons. The summed E-state index contributed by atoms with van der Waals surface area (Å²) in [5, 5.41) is 41.3. The smallest absolute Gasteiger partial charge is 0.228 e. The molecular formula is C40H58N2O7. The summed E-state index contributed by atoms with van der Waals surface area (Å²) in [6, 6.07) is 10.4. The Kier molecular flexibility index (Phi) is 12.3. The lowest BCUT2D eigenvalue weighted by Crippen LogP contribution is -2.55. The predicted molar refractivity (Wildman–Crippen MR) is 192 cm³/mol. The summed E-state index contributed by atoms with van der Waals surface area (Å²) in [5.74, 6) is 0.302. The number of nitrogens with zero attached hydrogens (tertiary/aromatic N) is 2. The minimum absolute atomic E-state index is 0.0281. The molecule has 1 amide bonds. The number of rotatable bonds is 11. The summed E-state index contributed by atoms with van der Waals surface area (Å²) in [6.07, 6.45) is -1.35. The Morgan fingerprint density at radius 2 is 1.57 bits per heavy atom. The van der Waals surface area contributed by atoms with Crippen molar-refractivity contribution in [3.05, 3.63) is 75.4 Å². The van der Waals surface area contributed by atoms with Crippen molar-refractivity contribution in [2.45, 2.75) is 105 Å². The van der Waals surface area contributed by atoms with E-state index in [0.717, 1.165) is 40.9 Å². The van der Waals surface area contributed by atoms with Crippen molar-refractivity contribution in [2.75, 3.05) is 39.8 Å². The van der Waals surface area contributed by atoms with Gasteiger partial charge in [-0.15, -0.1) is 0 Å². The van der Waals surface area contributed by atoms with Crippen LogP contribution in [0.25, 0.3) is 6.08 Å². The number of Topliss-reactive ketones (excluding diaryl/α,β-unsaturated/α-hetero) is 1. The van der Waals surface area contributed by atoms with E-state index in [-0.39, 0.29) is 24.0 Å². The normalized spacial score (nSPS) is 24.2. The number of aliphatic hydroxyl groups excluding tert-OH is 4. The number of piperazine rings is 1. The molecular weight excluding hydrogens is 620 g/mol. The third-order valence-electron chi connectivity index (χ3n) is 10.5. The lowest BCUT2D eigenvalue weighted by atomic mass is 9.76. The van der Waals surface area contributed by atoms with E-state index in [2.05, 4.69) is 50.9 Å². The fraction of sp³-hybridized carbons (Fsp3) is 0.600. The molecule has 0 aromatic heterocycles. The first-order valence-electron chi connectivity index (χ1n) is 17.6. The fourth-order valence-corrected chi connectivity index (χ4v) is 6.92. The van der Waals surface area contributed by atoms with Crippen LogP contribution in [0, 0.1) is 24.7 Å². The molecule has 4 rings (SSSR count). The maximum atomic E-state index is 13.5. The summed E-state index contributed by atoms with van der Waals surface area (Å²) < 4.78 is 5.92. The Labute approximate surface area is 292 Å². The second-order valence-corrected chi connectivity index (χ2v) is 15.8. The van der Waals surface area contributed by atoms with Crippen LogP contribution in [0.15, 0.2) is 36.4 Å². The highest BCUT2D eigenvalue weighted by Gasteiger charge is 2.44. The lowest BCUT2D eigenvalue weighted by Gasteiger charge is -2.41. The van der Waals surface area contributed by atoms with E-state index in [1.54, 1.807) is 0 Å². The van der Waals surface area contributed by atoms with Crippen LogP contribution >= 0.6 is 0 Å². The van der Waals surface area contributed by atoms with Crippen LogP contribution in [0.1, 0.15) is 98.9 Å². The zero-order chi connectivity index (χ0) is 36.4. The number of ketones is 1. The van der Waals surface area contributed by atoms with Gasteiger partial charge in [0, 0.05) is 38.0 Å². The van der Waals surface area contributed by atoms with Gasteiger partial charge in [-0.25, -0.2) is 0 Å². The molecule has 2 saturated heterocycles. The van der Waals surface area contributed by atoms with Gasteiger partial charge in [-0.3, -0.25) is 9.59 Å². The SMILES string of the molecule is Cc1cc(/C=C/C(C)(C)C(=O)CC(C)(C)C(=O)N2CCN(C)CC2)ccc1Cc1cc([C@@H]2O[C@H](CO)[C@@H](O)[C@H](O)[C@H]2O)c(C)cc1C(C)C. The molecule has 9 heteroatoms. The maximum absolute atomic E-state index is 13.5. The Morgan fingerprint density at radius 3 is 2.16 bits per heavy atom. The third-order valence-corrected chi connectivity index (χ3v) is 10.5. The molecule has 2 aliphatic heterocycles. The molecule has 5 atom stereocenters. The van der Waals surface area contributed by atoms with E-state index in [4.69, 9.17) is 4.74 Å². The molecule has 0 bridgehead atoms. The van der Waals surface area contributed by atoms with Crippen molar-refractivity contribution in [2.24, 2.45) is 10.8 Å². The van der Waals surface area contributed by atoms with Crippen molar-refractivity contribution in [3.63, 3.8) is 0 Å². The number of likely N-dealkylation sites (N-methyl/N-ethyl adjacent to an activating group) is 1. The first kappa shape index (κ1) is 38.9. The zero-order valence-electron chi connectivity index (χ0n) is 30.9. The molecule has 2 aromatic carbocycles. The first-order valence-corrected chi connectivity index (χ1v) is 17.6. The molecule has 2 heterocycles. The molecule has 0 unspecified atom stereocenters. The van der Waals surface area contributed by atoms with Gasteiger partial charge in [0.2, 0.25) is 5.91 Å². The van der Waals surface area contributed by atoms with Gasteiger partial charge in [-0.05, 0) is 86.0 Å². The molecule has 9 nitrogen and oxygen atoms in total. The third kappa shape index (κ3) is 8.88. The average Bonchev–Trinajstić information content (AvgIpc) is 3.04. The van der Waals surface area contributed by atoms with Gasteiger partial charge in [0.25, 0.3) is 0 Å². The summed E-state index contributed by atoms with van der Waals surface area (Å²) in [6.45, 7) is 18.4. The molecule has 0 saturated carbocycles. The molecule has 4 N–H and O–H groups in total. The number of carbonyl (C=O) groups is 2. The van der Waals surface area contributed by atoms with E-state index in [1.807, 2.05) is 63.8 Å². The average molecular weight is 679 g/mol. The highest BCUT2D eigenvalue weighted by Crippen LogP contribution is 2.37. The van der Waals surface area contributed by atoms with Crippen LogP contribution in [0.2, 0.25) is 0 Å². The van der Waals surface area contributed by atoms with Crippen LogP contribution < -0.4 is 0 Å². The Balaban J connectivity index is 1.51. The van der Waals surface area contributed by atoms with Crippen LogP contribution in [-0.4, -0.2) is 106 Å². The van der Waals surface area contributed by atoms with E-state index >= 15 is 0 Å². The second-order valence-electron chi connectivity index (χ2n) is 15.8. The number of ether oxygens (including phenoxy) is 1. The fourth-order valence-electron chi connectivity index (χ4n) is 6.92. The van der Waals surface area contributed by atoms with E-state index in [0.29, 0.717) is 25.1 Å². The molecule has 49 heavy (non-hydrogen) atoms. The minimum Gasteiger partial charge on any atom is -0.394 e. The Morgan fingerprint density at radius 1 is 0.918 bits per heavy atom. The van der Waals surface area contributed by atoms with E-state index in [9.17, 15) is 30.0 Å². The number of carbonyl (C=O) groups excluding carboxylic acids is 2. The van der Waals surface area contributed by atoms with Gasteiger partial charge in [-0.1, -0.05) is 70.2 Å². The standard InChI is InChI=1S/C40H58N2O7/c1-24(2)30-19-26(4)31(37-36(47)35(46)34(45)32(23-43)49-37)21-29(30)20-28-11-10-27(18-25(28)3)12-13-39(5,6)33(44)22-40(7,8)38(48)42-16-14-41(9)15-17-42/h10-13,18-19,21,24,32,34-37,43,45-47H,14-17,20,22-23H2,1-9H3/b13-12+/t32-,34-,35+,36-,37+/m1/s1. The van der Waals surface area contributed by atoms with Crippen LogP contribution in [-0.2, 0) is 20.7 Å². The molecule has 2 aromatic rings. The highest BCUT2D eigenvalue weighted by molar-refractivity contribution is 5.93. The minimum atomic E-state index is -1.44. The van der Waals surface area contributed by atoms with E-state index in [1.165, 1.54) is 5.56 Å². The van der Waals surface area contributed by atoms with Gasteiger partial charge in [-0.2, -0.15) is 0 Å². The zero-order valence-corrected chi connectivity index (χ0v) is 30.9. The molecule has 0 aliphatic carbocycles. The number of aryl methyl sites for hydroxylation is 2. The number of aliphatic hydroxyl groups is 4. The summed E-state index contributed by atoms with van der Waals surface area (Å²) >= 11 is 0. The quantitative estimate of drug-likeness (QED) is 0.277. The van der Waals surface area contributed by atoms with Crippen LogP contribution in [0.3, 0.4) is 0 Å². The summed E-state index contributed by atoms with van der Waals surface area (Å²) in [7, 11) is 2.05. The van der Waals surface area contributed by atoms with Crippen LogP contribution in [0.4, 0.5) is 0 Å². The topological polar surface area (TPSA) is 131 Å². The number of allylic oxidation sites excluding steroid dienone is 1. The van der Waals surface area contributed by atoms with Gasteiger partial charge < -0.3 is 35.0 Å². The monoisotopic (exact) mass is 678 g/mol. The number of hydrogen-bond acceptors (Lipinski definition) is 8. The van der Waals surface area contributed by atoms with Gasteiger partial charge in [0.05, 0.1) is 12.0 Å². The first-order chi connectivity index (χ1) is 22.9. The Hall–Kier alpha value is -2.92. The van der Waals surface area contributed by atoms with Gasteiger partial charge in [0.15, 0.2) is 0 Å². The number of hydrogen-bond donors (Lipinski definition) is 4. The van der Waals surface area contributed by atoms with Crippen LogP contribution in [0.5, 0.6) is 0 Å². The highest BCUT2D eigenvalue weighted by atomic mass is 16.5. The molecule has 0 spiro atoms. The summed E-state index contributed by atoms with van der Waals surface area (Å²) in [5.41, 5.74) is 5.53. The molecule has 2 aliphatic rings. The maximum Gasteiger partial charge on any atom is 0.228 e. The van der Waals surface area contributed by atoms with Crippen molar-refractivity contribution in [3.8, 4) is 0 Å². The molecule has 0 radical (unpaired) electrons. The van der Waals surface area contributed by atoms with Crippen molar-refractivity contribution < 1.29 is 34.8 Å². The second kappa shape index (κ2) is 15.5. The summed E-state index contributed by atoms with van der Waals surface area (Å²) in [4.78, 5) is 30.9. The van der Waals surface area contributed by atoms with Gasteiger partial charge >= 0.3 is 0 Å².